The summed E-state index contributed by atoms with van der Waals surface area (Å²) in [4.78, 5) is 21.1. The van der Waals surface area contributed by atoms with Crippen LogP contribution in [0.2, 0.25) is 0 Å². The summed E-state index contributed by atoms with van der Waals surface area (Å²) < 4.78 is 0.653. The van der Waals surface area contributed by atoms with Gasteiger partial charge in [-0.2, -0.15) is 0 Å². The van der Waals surface area contributed by atoms with Crippen LogP contribution in [0.25, 0.3) is 0 Å². The number of rotatable bonds is 4. The van der Waals surface area contributed by atoms with Crippen molar-refractivity contribution in [2.24, 2.45) is 13.0 Å². The third-order valence-corrected chi connectivity index (χ3v) is 7.28. The molecule has 2 aromatic carbocycles. The van der Waals surface area contributed by atoms with Gasteiger partial charge in [0.2, 0.25) is 0 Å². The number of alkyl halides is 3. The van der Waals surface area contributed by atoms with Crippen molar-refractivity contribution >= 4 is 63.6 Å². The molecule has 2 aliphatic heterocycles. The Bertz CT molecular complexity index is 1160. The molecule has 6 nitrogen and oxygen atoms in total. The molecule has 0 atom stereocenters. The maximum atomic E-state index is 12.8. The standard InChI is InChI=1S/C24H24Cl3N5O/c1-30-14-22(28-15-30)32-13-16-12-19(4-7-21(16)23(32)33)29-18-2-5-20(6-3-18)31-10-8-17(9-11-31)24(25,26)27/h2-7,12,14-15,17,29H,8-11,13H2,1H3. The van der Waals surface area contributed by atoms with Crippen LogP contribution in [0.15, 0.2) is 55.0 Å². The van der Waals surface area contributed by atoms with Gasteiger partial charge >= 0.3 is 0 Å². The minimum Gasteiger partial charge on any atom is -0.372 e. The van der Waals surface area contributed by atoms with E-state index >= 15 is 0 Å². The van der Waals surface area contributed by atoms with Crippen LogP contribution in [0.4, 0.5) is 22.9 Å². The van der Waals surface area contributed by atoms with E-state index in [1.54, 1.807) is 11.2 Å². The van der Waals surface area contributed by atoms with Crippen LogP contribution in [-0.4, -0.2) is 32.3 Å². The summed E-state index contributed by atoms with van der Waals surface area (Å²) >= 11 is 18.2. The molecule has 9 heteroatoms. The molecule has 1 fully saturated rings. The zero-order valence-corrected chi connectivity index (χ0v) is 20.4. The van der Waals surface area contributed by atoms with Crippen LogP contribution >= 0.6 is 34.8 Å². The van der Waals surface area contributed by atoms with E-state index in [2.05, 4.69) is 39.5 Å². The minimum absolute atomic E-state index is 0.0156. The first-order valence-corrected chi connectivity index (χ1v) is 12.0. The monoisotopic (exact) mass is 503 g/mol. The average molecular weight is 505 g/mol. The maximum absolute atomic E-state index is 12.8. The molecule has 0 spiro atoms. The Labute approximate surface area is 208 Å². The Morgan fingerprint density at radius 2 is 1.73 bits per heavy atom. The lowest BCUT2D eigenvalue weighted by atomic mass is 9.98. The Hall–Kier alpha value is -2.41. The van der Waals surface area contributed by atoms with Gasteiger partial charge in [-0.3, -0.25) is 9.69 Å². The number of nitrogens with zero attached hydrogens (tertiary/aromatic N) is 4. The second-order valence-electron chi connectivity index (χ2n) is 8.64. The van der Waals surface area contributed by atoms with Gasteiger partial charge in [0.15, 0.2) is 9.61 Å². The highest BCUT2D eigenvalue weighted by Crippen LogP contribution is 2.41. The Morgan fingerprint density at radius 1 is 1.03 bits per heavy atom. The highest BCUT2D eigenvalue weighted by molar-refractivity contribution is 6.67. The fourth-order valence-electron chi connectivity index (χ4n) is 4.51. The first-order chi connectivity index (χ1) is 15.8. The number of hydrogen-bond acceptors (Lipinski definition) is 4. The molecule has 5 rings (SSSR count). The molecule has 0 radical (unpaired) electrons. The number of benzene rings is 2. The smallest absolute Gasteiger partial charge is 0.260 e. The summed E-state index contributed by atoms with van der Waals surface area (Å²) in [5, 5.41) is 3.44. The lowest BCUT2D eigenvalue weighted by Crippen LogP contribution is -2.37. The first kappa shape index (κ1) is 22.4. The molecule has 3 aromatic rings. The van der Waals surface area contributed by atoms with E-state index in [1.165, 1.54) is 0 Å². The number of halogens is 3. The van der Waals surface area contributed by atoms with Crippen LogP contribution in [0.5, 0.6) is 0 Å². The van der Waals surface area contributed by atoms with Gasteiger partial charge in [0.25, 0.3) is 5.91 Å². The van der Waals surface area contributed by atoms with Crippen LogP contribution in [0.1, 0.15) is 28.8 Å². The van der Waals surface area contributed by atoms with Gasteiger partial charge in [-0.05, 0) is 60.9 Å². The normalized spacial score (nSPS) is 16.9. The first-order valence-electron chi connectivity index (χ1n) is 10.9. The summed E-state index contributed by atoms with van der Waals surface area (Å²) in [6, 6.07) is 14.2. The summed E-state index contributed by atoms with van der Waals surface area (Å²) in [6.45, 7) is 2.26. The van der Waals surface area contributed by atoms with Crippen molar-refractivity contribution in [2.75, 3.05) is 28.2 Å². The predicted molar refractivity (Wildman–Crippen MR) is 135 cm³/mol. The fraction of sp³-hybridized carbons (Fsp3) is 0.333. The number of hydrogen-bond donors (Lipinski definition) is 1. The molecule has 0 aliphatic carbocycles. The summed E-state index contributed by atoms with van der Waals surface area (Å²) in [5.41, 5.74) is 4.80. The SMILES string of the molecule is Cn1cnc(N2Cc3cc(Nc4ccc(N5CCC(C(Cl)(Cl)Cl)CC5)cc4)ccc3C2=O)c1. The second kappa shape index (κ2) is 8.75. The van der Waals surface area contributed by atoms with Crippen molar-refractivity contribution in [1.82, 2.24) is 9.55 Å². The molecule has 0 bridgehead atoms. The lowest BCUT2D eigenvalue weighted by Gasteiger charge is -2.36. The van der Waals surface area contributed by atoms with E-state index in [4.69, 9.17) is 34.8 Å². The van der Waals surface area contributed by atoms with Crippen molar-refractivity contribution in [3.05, 3.63) is 66.1 Å². The minimum atomic E-state index is -1.19. The summed E-state index contributed by atoms with van der Waals surface area (Å²) in [5.74, 6) is 0.750. The van der Waals surface area contributed by atoms with E-state index in [0.29, 0.717) is 12.4 Å². The Balaban J connectivity index is 1.24. The van der Waals surface area contributed by atoms with E-state index in [1.807, 2.05) is 36.0 Å². The summed E-state index contributed by atoms with van der Waals surface area (Å²) in [7, 11) is 1.89. The number of imidazole rings is 1. The van der Waals surface area contributed by atoms with Crippen molar-refractivity contribution in [1.29, 1.82) is 0 Å². The quantitative estimate of drug-likeness (QED) is 0.449. The largest absolute Gasteiger partial charge is 0.372 e. The zero-order valence-electron chi connectivity index (χ0n) is 18.1. The number of nitrogens with one attached hydrogen (secondary N) is 1. The van der Waals surface area contributed by atoms with Crippen LogP contribution < -0.4 is 15.1 Å². The molecular formula is C24H24Cl3N5O. The van der Waals surface area contributed by atoms with Gasteiger partial charge < -0.3 is 14.8 Å². The molecular weight excluding hydrogens is 481 g/mol. The van der Waals surface area contributed by atoms with Crippen LogP contribution in [0, 0.1) is 5.92 Å². The summed E-state index contributed by atoms with van der Waals surface area (Å²) in [6.07, 6.45) is 5.27. The van der Waals surface area contributed by atoms with Crippen LogP contribution in [0.3, 0.4) is 0 Å². The van der Waals surface area contributed by atoms with E-state index in [-0.39, 0.29) is 11.8 Å². The Kier molecular flexibility index (Phi) is 5.93. The van der Waals surface area contributed by atoms with Gasteiger partial charge in [-0.15, -0.1) is 0 Å². The number of fused-ring (bicyclic) bond motifs is 1. The molecule has 2 aliphatic rings. The van der Waals surface area contributed by atoms with Crippen molar-refractivity contribution in [3.63, 3.8) is 0 Å². The second-order valence-corrected chi connectivity index (χ2v) is 11.0. The molecule has 0 saturated carbocycles. The number of aromatic nitrogens is 2. The predicted octanol–water partition coefficient (Wildman–Crippen LogP) is 5.91. The third kappa shape index (κ3) is 4.65. The molecule has 3 heterocycles. The third-order valence-electron chi connectivity index (χ3n) is 6.36. The number of carbonyl (C=O) groups excluding carboxylic acids is 1. The molecule has 1 amide bonds. The maximum Gasteiger partial charge on any atom is 0.260 e. The number of carbonyl (C=O) groups is 1. The van der Waals surface area contributed by atoms with Gasteiger partial charge in [-0.25, -0.2) is 4.98 Å². The van der Waals surface area contributed by atoms with E-state index < -0.39 is 3.79 Å². The number of anilines is 4. The number of aryl methyl sites for hydroxylation is 1. The van der Waals surface area contributed by atoms with Crippen molar-refractivity contribution in [3.8, 4) is 0 Å². The fourth-order valence-corrected chi connectivity index (χ4v) is 5.16. The average Bonchev–Trinajstić information content (AvgIpc) is 3.36. The number of piperidine rings is 1. The Morgan fingerprint density at radius 3 is 2.36 bits per heavy atom. The van der Waals surface area contributed by atoms with Gasteiger partial charge in [0.05, 0.1) is 12.9 Å². The highest BCUT2D eigenvalue weighted by atomic mass is 35.6. The molecule has 33 heavy (non-hydrogen) atoms. The van der Waals surface area contributed by atoms with Crippen LogP contribution in [-0.2, 0) is 13.6 Å². The van der Waals surface area contributed by atoms with Gasteiger partial charge in [-0.1, -0.05) is 34.8 Å². The lowest BCUT2D eigenvalue weighted by molar-refractivity contribution is 0.0996. The zero-order chi connectivity index (χ0) is 23.2. The molecule has 0 unspecified atom stereocenters. The van der Waals surface area contributed by atoms with Gasteiger partial charge in [0, 0.05) is 54.9 Å². The van der Waals surface area contributed by atoms with Crippen molar-refractivity contribution in [2.45, 2.75) is 23.2 Å². The number of amides is 1. The highest BCUT2D eigenvalue weighted by Gasteiger charge is 2.35. The van der Waals surface area contributed by atoms with Crippen molar-refractivity contribution < 1.29 is 4.79 Å². The molecule has 172 valence electrons. The molecule has 1 saturated heterocycles. The van der Waals surface area contributed by atoms with E-state index in [9.17, 15) is 4.79 Å². The molecule has 1 N–H and O–H groups in total. The molecule has 1 aromatic heterocycles. The van der Waals surface area contributed by atoms with Gasteiger partial charge in [0.1, 0.15) is 0 Å². The topological polar surface area (TPSA) is 53.4 Å². The van der Waals surface area contributed by atoms with E-state index in [0.717, 1.165) is 54.1 Å².